The van der Waals surface area contributed by atoms with Gasteiger partial charge in [-0.15, -0.1) is 0 Å². The third-order valence-corrected chi connectivity index (χ3v) is 7.34. The molecule has 170 valence electrons. The second kappa shape index (κ2) is 10.7. The molecule has 0 radical (unpaired) electrons. The van der Waals surface area contributed by atoms with Gasteiger partial charge in [0.2, 0.25) is 15.8 Å². The first kappa shape index (κ1) is 23.9. The van der Waals surface area contributed by atoms with E-state index in [1.807, 2.05) is 44.2 Å². The minimum atomic E-state index is -3.64. The van der Waals surface area contributed by atoms with Crippen molar-refractivity contribution < 1.29 is 17.9 Å². The van der Waals surface area contributed by atoms with Gasteiger partial charge in [-0.25, -0.2) is 18.1 Å². The maximum Gasteiger partial charge on any atom is 0.244 e. The summed E-state index contributed by atoms with van der Waals surface area (Å²) in [4.78, 5) is 17.6. The summed E-state index contributed by atoms with van der Waals surface area (Å²) in [7, 11) is -2.19. The van der Waals surface area contributed by atoms with Gasteiger partial charge in [0.1, 0.15) is 10.6 Å². The molecular formula is C23H27N3O4S2. The van der Waals surface area contributed by atoms with E-state index < -0.39 is 10.0 Å². The fourth-order valence-electron chi connectivity index (χ4n) is 3.14. The zero-order chi connectivity index (χ0) is 23.1. The standard InChI is InChI=1S/C23H27N3O4S2/c1-16-10-11-19(30-3)21(14-16)32(28,29)26-13-7-6-12-24-23-25-15-20(31-23)22(27)18-9-5-4-8-17(18)2/h4-5,8-11,14-15,26H,6-7,12-13H2,1-3H3,(H,24,25). The Hall–Kier alpha value is -2.75. The van der Waals surface area contributed by atoms with Gasteiger partial charge < -0.3 is 10.1 Å². The number of aryl methyl sites for hydroxylation is 2. The normalized spacial score (nSPS) is 11.3. The summed E-state index contributed by atoms with van der Waals surface area (Å²) >= 11 is 1.32. The van der Waals surface area contributed by atoms with Crippen LogP contribution in [0.2, 0.25) is 0 Å². The molecule has 0 saturated carbocycles. The highest BCUT2D eigenvalue weighted by Crippen LogP contribution is 2.25. The summed E-state index contributed by atoms with van der Waals surface area (Å²) in [5.74, 6) is 0.291. The number of nitrogens with zero attached hydrogens (tertiary/aromatic N) is 1. The molecule has 0 aliphatic heterocycles. The molecule has 0 spiro atoms. The Morgan fingerprint density at radius 1 is 1.09 bits per heavy atom. The SMILES string of the molecule is COc1ccc(C)cc1S(=O)(=O)NCCCCNc1ncc(C(=O)c2ccccc2C)s1. The van der Waals surface area contributed by atoms with Crippen LogP contribution in [0.1, 0.15) is 39.2 Å². The van der Waals surface area contributed by atoms with E-state index >= 15 is 0 Å². The fourth-order valence-corrected chi connectivity index (χ4v) is 5.27. The number of aromatic nitrogens is 1. The molecule has 1 heterocycles. The number of benzene rings is 2. The average molecular weight is 474 g/mol. The van der Waals surface area contributed by atoms with Crippen LogP contribution in [-0.2, 0) is 10.0 Å². The number of nitrogens with one attached hydrogen (secondary N) is 2. The lowest BCUT2D eigenvalue weighted by molar-refractivity contribution is 0.104. The summed E-state index contributed by atoms with van der Waals surface area (Å²) in [6.07, 6.45) is 2.99. The van der Waals surface area contributed by atoms with E-state index in [2.05, 4.69) is 15.0 Å². The van der Waals surface area contributed by atoms with Gasteiger partial charge in [-0.05, 0) is 49.9 Å². The highest BCUT2D eigenvalue weighted by Gasteiger charge is 2.19. The van der Waals surface area contributed by atoms with Gasteiger partial charge in [0, 0.05) is 18.7 Å². The maximum atomic E-state index is 12.6. The van der Waals surface area contributed by atoms with Gasteiger partial charge in [-0.2, -0.15) is 0 Å². The molecule has 2 aromatic carbocycles. The van der Waals surface area contributed by atoms with Gasteiger partial charge in [0.05, 0.1) is 18.2 Å². The van der Waals surface area contributed by atoms with Crippen molar-refractivity contribution in [3.8, 4) is 5.75 Å². The fraction of sp³-hybridized carbons (Fsp3) is 0.304. The number of carbonyl (C=O) groups excluding carboxylic acids is 1. The van der Waals surface area contributed by atoms with Gasteiger partial charge in [0.15, 0.2) is 5.13 Å². The van der Waals surface area contributed by atoms with E-state index in [9.17, 15) is 13.2 Å². The van der Waals surface area contributed by atoms with Crippen molar-refractivity contribution in [1.82, 2.24) is 9.71 Å². The predicted octanol–water partition coefficient (Wildman–Crippen LogP) is 4.17. The predicted molar refractivity (Wildman–Crippen MR) is 127 cm³/mol. The number of thiazole rings is 1. The maximum absolute atomic E-state index is 12.6. The highest BCUT2D eigenvalue weighted by molar-refractivity contribution is 7.89. The summed E-state index contributed by atoms with van der Waals surface area (Å²) in [5, 5.41) is 3.87. The number of anilines is 1. The molecule has 0 bridgehead atoms. The van der Waals surface area contributed by atoms with Crippen molar-refractivity contribution >= 4 is 32.3 Å². The minimum Gasteiger partial charge on any atom is -0.495 e. The number of ether oxygens (including phenoxy) is 1. The number of hydrogen-bond acceptors (Lipinski definition) is 7. The first-order valence-electron chi connectivity index (χ1n) is 10.3. The number of hydrogen-bond donors (Lipinski definition) is 2. The number of ketones is 1. The van der Waals surface area contributed by atoms with E-state index in [1.165, 1.54) is 18.4 Å². The third-order valence-electron chi connectivity index (χ3n) is 4.90. The molecule has 9 heteroatoms. The third kappa shape index (κ3) is 5.93. The molecule has 0 fully saturated rings. The van der Waals surface area contributed by atoms with Crippen LogP contribution in [0.5, 0.6) is 5.75 Å². The molecule has 0 amide bonds. The Balaban J connectivity index is 1.45. The Bertz CT molecular complexity index is 1190. The van der Waals surface area contributed by atoms with E-state index in [0.717, 1.165) is 17.5 Å². The Morgan fingerprint density at radius 3 is 2.59 bits per heavy atom. The zero-order valence-electron chi connectivity index (χ0n) is 18.3. The topological polar surface area (TPSA) is 97.4 Å². The number of methoxy groups -OCH3 is 1. The highest BCUT2D eigenvalue weighted by atomic mass is 32.2. The number of rotatable bonds is 11. The zero-order valence-corrected chi connectivity index (χ0v) is 20.0. The van der Waals surface area contributed by atoms with Crippen LogP contribution in [0, 0.1) is 13.8 Å². The van der Waals surface area contributed by atoms with E-state index in [4.69, 9.17) is 4.74 Å². The quantitative estimate of drug-likeness (QED) is 0.320. The van der Waals surface area contributed by atoms with Crippen molar-refractivity contribution in [1.29, 1.82) is 0 Å². The summed E-state index contributed by atoms with van der Waals surface area (Å²) < 4.78 is 33.0. The van der Waals surface area contributed by atoms with Gasteiger partial charge >= 0.3 is 0 Å². The van der Waals surface area contributed by atoms with Crippen molar-refractivity contribution in [3.05, 3.63) is 70.2 Å². The van der Waals surface area contributed by atoms with Crippen molar-refractivity contribution in [3.63, 3.8) is 0 Å². The van der Waals surface area contributed by atoms with E-state index in [0.29, 0.717) is 40.8 Å². The molecule has 0 unspecified atom stereocenters. The lowest BCUT2D eigenvalue weighted by atomic mass is 10.0. The van der Waals surface area contributed by atoms with Crippen LogP contribution in [0.3, 0.4) is 0 Å². The molecular weight excluding hydrogens is 446 g/mol. The summed E-state index contributed by atoms with van der Waals surface area (Å²) in [6, 6.07) is 12.5. The minimum absolute atomic E-state index is 0.0327. The van der Waals surface area contributed by atoms with Crippen molar-refractivity contribution in [2.75, 3.05) is 25.5 Å². The number of carbonyl (C=O) groups is 1. The first-order chi connectivity index (χ1) is 15.3. The van der Waals surface area contributed by atoms with Crippen LogP contribution in [0.15, 0.2) is 53.6 Å². The molecule has 0 aliphatic carbocycles. The van der Waals surface area contributed by atoms with Crippen LogP contribution in [-0.4, -0.2) is 39.4 Å². The monoisotopic (exact) mass is 473 g/mol. The molecule has 3 rings (SSSR count). The lowest BCUT2D eigenvalue weighted by Crippen LogP contribution is -2.25. The summed E-state index contributed by atoms with van der Waals surface area (Å²) in [6.45, 7) is 4.69. The van der Waals surface area contributed by atoms with Gasteiger partial charge in [-0.1, -0.05) is 41.7 Å². The Kier molecular flexibility index (Phi) is 8.00. The van der Waals surface area contributed by atoms with E-state index in [1.54, 1.807) is 18.3 Å². The molecule has 1 aromatic heterocycles. The van der Waals surface area contributed by atoms with Crippen molar-refractivity contribution in [2.24, 2.45) is 0 Å². The molecule has 2 N–H and O–H groups in total. The molecule has 0 atom stereocenters. The van der Waals surface area contributed by atoms with Gasteiger partial charge in [0.25, 0.3) is 0 Å². The second-order valence-corrected chi connectivity index (χ2v) is 10.1. The molecule has 7 nitrogen and oxygen atoms in total. The lowest BCUT2D eigenvalue weighted by Gasteiger charge is -2.11. The van der Waals surface area contributed by atoms with Crippen LogP contribution in [0.25, 0.3) is 0 Å². The van der Waals surface area contributed by atoms with Crippen molar-refractivity contribution in [2.45, 2.75) is 31.6 Å². The van der Waals surface area contributed by atoms with Crippen LogP contribution < -0.4 is 14.8 Å². The Morgan fingerprint density at radius 2 is 1.84 bits per heavy atom. The average Bonchev–Trinajstić information content (AvgIpc) is 3.25. The molecule has 0 saturated heterocycles. The molecule has 0 aliphatic rings. The molecule has 3 aromatic rings. The smallest absolute Gasteiger partial charge is 0.244 e. The first-order valence-corrected chi connectivity index (χ1v) is 12.6. The van der Waals surface area contributed by atoms with Gasteiger partial charge in [-0.3, -0.25) is 4.79 Å². The largest absolute Gasteiger partial charge is 0.495 e. The molecule has 32 heavy (non-hydrogen) atoms. The van der Waals surface area contributed by atoms with Crippen LogP contribution >= 0.6 is 11.3 Å². The van der Waals surface area contributed by atoms with E-state index in [-0.39, 0.29) is 10.7 Å². The van der Waals surface area contributed by atoms with Crippen LogP contribution in [0.4, 0.5) is 5.13 Å². The summed E-state index contributed by atoms with van der Waals surface area (Å²) in [5.41, 5.74) is 2.46. The second-order valence-electron chi connectivity index (χ2n) is 7.36. The Labute approximate surface area is 192 Å². The number of unbranched alkanes of at least 4 members (excludes halogenated alkanes) is 1. The number of sulfonamides is 1.